The van der Waals surface area contributed by atoms with Gasteiger partial charge in [0, 0.05) is 19.6 Å². The van der Waals surface area contributed by atoms with E-state index in [1.54, 1.807) is 0 Å². The summed E-state index contributed by atoms with van der Waals surface area (Å²) in [6.07, 6.45) is 4.52. The maximum atomic E-state index is 11.9. The molecule has 1 fully saturated rings. The molecule has 1 aliphatic rings. The van der Waals surface area contributed by atoms with Gasteiger partial charge in [-0.2, -0.15) is 0 Å². The van der Waals surface area contributed by atoms with Gasteiger partial charge < -0.3 is 15.0 Å². The summed E-state index contributed by atoms with van der Waals surface area (Å²) in [6, 6.07) is 8.09. The molecule has 1 aliphatic heterocycles. The van der Waals surface area contributed by atoms with Crippen molar-refractivity contribution in [3.63, 3.8) is 0 Å². The number of hydrogen-bond donors (Lipinski definition) is 1. The summed E-state index contributed by atoms with van der Waals surface area (Å²) in [5.74, 6) is 1.13. The zero-order valence-electron chi connectivity index (χ0n) is 12.9. The van der Waals surface area contributed by atoms with Crippen molar-refractivity contribution >= 4 is 5.91 Å². The molecule has 1 aromatic carbocycles. The Balaban J connectivity index is 1.67. The number of amides is 1. The maximum Gasteiger partial charge on any atom is 0.236 e. The smallest absolute Gasteiger partial charge is 0.236 e. The molecule has 0 spiro atoms. The third kappa shape index (κ3) is 5.38. The van der Waals surface area contributed by atoms with E-state index >= 15 is 0 Å². The van der Waals surface area contributed by atoms with Gasteiger partial charge in [-0.15, -0.1) is 0 Å². The molecule has 0 radical (unpaired) electrons. The van der Waals surface area contributed by atoms with Gasteiger partial charge in [-0.25, -0.2) is 0 Å². The van der Waals surface area contributed by atoms with Crippen molar-refractivity contribution in [1.29, 1.82) is 0 Å². The predicted octanol–water partition coefficient (Wildman–Crippen LogP) is 2.58. The fraction of sp³-hybridized carbons (Fsp3) is 0.588. The Hall–Kier alpha value is -1.55. The summed E-state index contributed by atoms with van der Waals surface area (Å²) in [7, 11) is 0. The van der Waals surface area contributed by atoms with Crippen LogP contribution in [0.25, 0.3) is 0 Å². The van der Waals surface area contributed by atoms with Crippen molar-refractivity contribution in [3.05, 3.63) is 29.8 Å². The van der Waals surface area contributed by atoms with E-state index in [-0.39, 0.29) is 5.91 Å². The highest BCUT2D eigenvalue weighted by Gasteiger charge is 2.16. The highest BCUT2D eigenvalue weighted by atomic mass is 16.5. The Labute approximate surface area is 127 Å². The van der Waals surface area contributed by atoms with Crippen LogP contribution < -0.4 is 10.1 Å². The van der Waals surface area contributed by atoms with Crippen LogP contribution >= 0.6 is 0 Å². The van der Waals surface area contributed by atoms with Crippen LogP contribution in [-0.2, 0) is 11.3 Å². The number of hydrogen-bond acceptors (Lipinski definition) is 3. The second-order valence-corrected chi connectivity index (χ2v) is 5.54. The summed E-state index contributed by atoms with van der Waals surface area (Å²) in [6.45, 7) is 5.91. The zero-order valence-corrected chi connectivity index (χ0v) is 12.9. The largest absolute Gasteiger partial charge is 0.494 e. The van der Waals surface area contributed by atoms with Gasteiger partial charge in [0.2, 0.25) is 5.91 Å². The van der Waals surface area contributed by atoms with Crippen LogP contribution in [-0.4, -0.2) is 37.0 Å². The Morgan fingerprint density at radius 1 is 1.24 bits per heavy atom. The van der Waals surface area contributed by atoms with Gasteiger partial charge in [-0.3, -0.25) is 4.79 Å². The first kappa shape index (κ1) is 15.8. The molecule has 1 aromatic rings. The third-order valence-electron chi connectivity index (χ3n) is 3.75. The summed E-state index contributed by atoms with van der Waals surface area (Å²) in [5.41, 5.74) is 1.17. The lowest BCUT2D eigenvalue weighted by molar-refractivity contribution is -0.129. The quantitative estimate of drug-likeness (QED) is 0.748. The van der Waals surface area contributed by atoms with Crippen molar-refractivity contribution in [2.75, 3.05) is 26.2 Å². The molecule has 116 valence electrons. The van der Waals surface area contributed by atoms with E-state index in [4.69, 9.17) is 4.74 Å². The van der Waals surface area contributed by atoms with Gasteiger partial charge in [-0.1, -0.05) is 25.5 Å². The molecule has 0 bridgehead atoms. The minimum Gasteiger partial charge on any atom is -0.494 e. The topological polar surface area (TPSA) is 41.6 Å². The fourth-order valence-electron chi connectivity index (χ4n) is 2.43. The summed E-state index contributed by atoms with van der Waals surface area (Å²) >= 11 is 0. The number of carbonyl (C=O) groups is 1. The average Bonchev–Trinajstić information content (AvgIpc) is 3.03. The molecule has 0 aromatic heterocycles. The van der Waals surface area contributed by atoms with Gasteiger partial charge in [0.05, 0.1) is 13.2 Å². The lowest BCUT2D eigenvalue weighted by Gasteiger charge is -2.15. The molecule has 1 N–H and O–H groups in total. The van der Waals surface area contributed by atoms with Crippen molar-refractivity contribution in [2.24, 2.45) is 0 Å². The SMILES string of the molecule is CCCCOc1ccc(CNCC(=O)N2CCCC2)cc1. The van der Waals surface area contributed by atoms with Gasteiger partial charge >= 0.3 is 0 Å². The molecule has 0 saturated carbocycles. The van der Waals surface area contributed by atoms with Gasteiger partial charge in [0.1, 0.15) is 5.75 Å². The van der Waals surface area contributed by atoms with E-state index in [2.05, 4.69) is 24.4 Å². The summed E-state index contributed by atoms with van der Waals surface area (Å²) in [5, 5.41) is 3.22. The van der Waals surface area contributed by atoms with Crippen molar-refractivity contribution in [1.82, 2.24) is 10.2 Å². The highest BCUT2D eigenvalue weighted by molar-refractivity contribution is 5.78. The zero-order chi connectivity index (χ0) is 14.9. The van der Waals surface area contributed by atoms with Gasteiger partial charge in [0.15, 0.2) is 0 Å². The van der Waals surface area contributed by atoms with E-state index in [1.807, 2.05) is 17.0 Å². The molecule has 1 heterocycles. The minimum atomic E-state index is 0.215. The standard InChI is InChI=1S/C17H26N2O2/c1-2-3-12-21-16-8-6-15(7-9-16)13-18-14-17(20)19-10-4-5-11-19/h6-9,18H,2-5,10-14H2,1H3. The molecule has 21 heavy (non-hydrogen) atoms. The Bertz CT molecular complexity index is 425. The van der Waals surface area contributed by atoms with Crippen LogP contribution in [0.15, 0.2) is 24.3 Å². The fourth-order valence-corrected chi connectivity index (χ4v) is 2.43. The second-order valence-electron chi connectivity index (χ2n) is 5.54. The first-order valence-corrected chi connectivity index (χ1v) is 8.00. The number of rotatable bonds is 8. The van der Waals surface area contributed by atoms with E-state index in [0.29, 0.717) is 6.54 Å². The van der Waals surface area contributed by atoms with Crippen LogP contribution in [0.3, 0.4) is 0 Å². The van der Waals surface area contributed by atoms with Gasteiger partial charge in [-0.05, 0) is 37.0 Å². The molecule has 4 nitrogen and oxygen atoms in total. The number of carbonyl (C=O) groups excluding carboxylic acids is 1. The van der Waals surface area contributed by atoms with E-state index < -0.39 is 0 Å². The lowest BCUT2D eigenvalue weighted by atomic mass is 10.2. The molecule has 4 heteroatoms. The van der Waals surface area contributed by atoms with Gasteiger partial charge in [0.25, 0.3) is 0 Å². The summed E-state index contributed by atoms with van der Waals surface area (Å²) in [4.78, 5) is 13.8. The monoisotopic (exact) mass is 290 g/mol. The molecule has 0 aliphatic carbocycles. The Morgan fingerprint density at radius 3 is 2.62 bits per heavy atom. The molecular formula is C17H26N2O2. The van der Waals surface area contributed by atoms with Crippen LogP contribution in [0.4, 0.5) is 0 Å². The normalized spacial score (nSPS) is 14.4. The number of nitrogens with one attached hydrogen (secondary N) is 1. The van der Waals surface area contributed by atoms with Crippen LogP contribution in [0.5, 0.6) is 5.75 Å². The molecule has 2 rings (SSSR count). The first-order valence-electron chi connectivity index (χ1n) is 8.00. The van der Waals surface area contributed by atoms with Crippen molar-refractivity contribution in [2.45, 2.75) is 39.2 Å². The number of nitrogens with zero attached hydrogens (tertiary/aromatic N) is 1. The molecule has 1 amide bonds. The molecule has 1 saturated heterocycles. The van der Waals surface area contributed by atoms with Crippen LogP contribution in [0.1, 0.15) is 38.2 Å². The van der Waals surface area contributed by atoms with E-state index in [9.17, 15) is 4.79 Å². The maximum absolute atomic E-state index is 11.9. The van der Waals surface area contributed by atoms with Crippen LogP contribution in [0, 0.1) is 0 Å². The minimum absolute atomic E-state index is 0.215. The van der Waals surface area contributed by atoms with Crippen molar-refractivity contribution < 1.29 is 9.53 Å². The molecular weight excluding hydrogens is 264 g/mol. The predicted molar refractivity (Wildman–Crippen MR) is 84.4 cm³/mol. The van der Waals surface area contributed by atoms with E-state index in [1.165, 1.54) is 5.56 Å². The number of ether oxygens (including phenoxy) is 1. The van der Waals surface area contributed by atoms with E-state index in [0.717, 1.165) is 57.7 Å². The lowest BCUT2D eigenvalue weighted by Crippen LogP contribution is -2.35. The Kier molecular flexibility index (Phi) is 6.54. The number of unbranched alkanes of at least 4 members (excludes halogenated alkanes) is 1. The number of likely N-dealkylation sites (tertiary alicyclic amines) is 1. The summed E-state index contributed by atoms with van der Waals surface area (Å²) < 4.78 is 5.63. The third-order valence-corrected chi connectivity index (χ3v) is 3.75. The molecule has 0 atom stereocenters. The molecule has 0 unspecified atom stereocenters. The Morgan fingerprint density at radius 2 is 1.95 bits per heavy atom. The highest BCUT2D eigenvalue weighted by Crippen LogP contribution is 2.12. The van der Waals surface area contributed by atoms with Crippen molar-refractivity contribution in [3.8, 4) is 5.75 Å². The number of benzene rings is 1. The first-order chi connectivity index (χ1) is 10.3. The van der Waals surface area contributed by atoms with Crippen LogP contribution in [0.2, 0.25) is 0 Å². The average molecular weight is 290 g/mol. The second kappa shape index (κ2) is 8.67.